The summed E-state index contributed by atoms with van der Waals surface area (Å²) in [6.45, 7) is 8.61. The summed E-state index contributed by atoms with van der Waals surface area (Å²) in [6, 6.07) is 4.19. The highest BCUT2D eigenvalue weighted by atomic mass is 127. The zero-order valence-electron chi connectivity index (χ0n) is 13.7. The first-order chi connectivity index (χ1) is 10.0. The zero-order valence-corrected chi connectivity index (χ0v) is 15.9. The molecule has 3 nitrogen and oxygen atoms in total. The van der Waals surface area contributed by atoms with Crippen LogP contribution in [0.5, 0.6) is 0 Å². The van der Waals surface area contributed by atoms with Crippen molar-refractivity contribution in [3.63, 3.8) is 0 Å². The van der Waals surface area contributed by atoms with Crippen LogP contribution in [0.25, 0.3) is 0 Å². The van der Waals surface area contributed by atoms with Crippen LogP contribution in [0.4, 0.5) is 4.39 Å². The molecule has 0 unspecified atom stereocenters. The fourth-order valence-electron chi connectivity index (χ4n) is 3.23. The second-order valence-corrected chi connectivity index (χ2v) is 8.41. The Morgan fingerprint density at radius 2 is 1.82 bits per heavy atom. The number of hydrogen-bond donors (Lipinski definition) is 0. The van der Waals surface area contributed by atoms with Gasteiger partial charge in [-0.3, -0.25) is 4.90 Å². The van der Waals surface area contributed by atoms with Crippen molar-refractivity contribution < 1.29 is 13.9 Å². The van der Waals surface area contributed by atoms with Gasteiger partial charge in [-0.1, -0.05) is 0 Å². The first-order valence-electron chi connectivity index (χ1n) is 7.43. The Labute approximate surface area is 145 Å². The molecule has 1 saturated heterocycles. The number of carbonyl (C=O) groups is 1. The monoisotopic (exact) mass is 419 g/mol. The number of nitrogens with zero attached hydrogens (tertiary/aromatic N) is 1. The standard InChI is InChI=1S/C17H23FINO2/c1-16(2)9-12(10-17(3,4)20(16)5)22-15(21)13-8-11(18)6-7-14(13)19/h6-8,12H,9-10H2,1-5H3. The molecule has 0 atom stereocenters. The molecule has 0 bridgehead atoms. The predicted octanol–water partition coefficient (Wildman–Crippen LogP) is 4.24. The molecular weight excluding hydrogens is 396 g/mol. The molecule has 1 aliphatic rings. The van der Waals surface area contributed by atoms with Crippen LogP contribution in [0, 0.1) is 9.39 Å². The Bertz CT molecular complexity index is 568. The summed E-state index contributed by atoms with van der Waals surface area (Å²) in [4.78, 5) is 14.7. The van der Waals surface area contributed by atoms with E-state index in [1.165, 1.54) is 12.1 Å². The van der Waals surface area contributed by atoms with Gasteiger partial charge in [0.1, 0.15) is 11.9 Å². The predicted molar refractivity (Wildman–Crippen MR) is 93.5 cm³/mol. The number of carbonyl (C=O) groups excluding carboxylic acids is 1. The van der Waals surface area contributed by atoms with E-state index < -0.39 is 11.8 Å². The summed E-state index contributed by atoms with van der Waals surface area (Å²) < 4.78 is 19.8. The van der Waals surface area contributed by atoms with Crippen LogP contribution >= 0.6 is 22.6 Å². The first kappa shape index (κ1) is 17.7. The lowest BCUT2D eigenvalue weighted by Gasteiger charge is -2.53. The van der Waals surface area contributed by atoms with Gasteiger partial charge in [-0.15, -0.1) is 0 Å². The van der Waals surface area contributed by atoms with Crippen LogP contribution in [0.15, 0.2) is 18.2 Å². The molecule has 1 aromatic carbocycles. The van der Waals surface area contributed by atoms with Gasteiger partial charge in [0.05, 0.1) is 5.56 Å². The van der Waals surface area contributed by atoms with Crippen molar-refractivity contribution in [3.05, 3.63) is 33.1 Å². The minimum absolute atomic E-state index is 0.0538. The van der Waals surface area contributed by atoms with E-state index in [9.17, 15) is 9.18 Å². The van der Waals surface area contributed by atoms with Crippen LogP contribution in [0.1, 0.15) is 50.9 Å². The van der Waals surface area contributed by atoms with Gasteiger partial charge in [0.2, 0.25) is 0 Å². The Balaban J connectivity index is 2.17. The summed E-state index contributed by atoms with van der Waals surface area (Å²) in [5, 5.41) is 0. The highest BCUT2D eigenvalue weighted by Crippen LogP contribution is 2.38. The van der Waals surface area contributed by atoms with Gasteiger partial charge in [0, 0.05) is 27.5 Å². The molecule has 22 heavy (non-hydrogen) atoms. The maximum Gasteiger partial charge on any atom is 0.339 e. The van der Waals surface area contributed by atoms with E-state index in [0.29, 0.717) is 9.13 Å². The molecule has 5 heteroatoms. The number of ether oxygens (including phenoxy) is 1. The van der Waals surface area contributed by atoms with E-state index in [1.54, 1.807) is 6.07 Å². The summed E-state index contributed by atoms with van der Waals surface area (Å²) >= 11 is 2.03. The molecule has 1 heterocycles. The second-order valence-electron chi connectivity index (χ2n) is 7.24. The van der Waals surface area contributed by atoms with Gasteiger partial charge in [0.25, 0.3) is 0 Å². The number of halogens is 2. The number of esters is 1. The van der Waals surface area contributed by atoms with Gasteiger partial charge in [-0.25, -0.2) is 9.18 Å². The largest absolute Gasteiger partial charge is 0.459 e. The maximum absolute atomic E-state index is 13.4. The van der Waals surface area contributed by atoms with E-state index in [1.807, 2.05) is 22.6 Å². The zero-order chi connectivity index (χ0) is 16.7. The normalized spacial score (nSPS) is 21.6. The van der Waals surface area contributed by atoms with Crippen LogP contribution in [0.3, 0.4) is 0 Å². The number of piperidine rings is 1. The summed E-state index contributed by atoms with van der Waals surface area (Å²) in [5.74, 6) is -0.860. The van der Waals surface area contributed by atoms with Gasteiger partial charge >= 0.3 is 5.97 Å². The van der Waals surface area contributed by atoms with E-state index >= 15 is 0 Å². The van der Waals surface area contributed by atoms with E-state index in [0.717, 1.165) is 12.8 Å². The second kappa shape index (κ2) is 6.07. The minimum Gasteiger partial charge on any atom is -0.459 e. The molecule has 1 aromatic rings. The van der Waals surface area contributed by atoms with Crippen LogP contribution < -0.4 is 0 Å². The highest BCUT2D eigenvalue weighted by molar-refractivity contribution is 14.1. The molecule has 0 amide bonds. The van der Waals surface area contributed by atoms with Crippen molar-refractivity contribution in [3.8, 4) is 0 Å². The molecule has 1 aliphatic heterocycles. The highest BCUT2D eigenvalue weighted by Gasteiger charge is 2.44. The molecule has 1 fully saturated rings. The summed E-state index contributed by atoms with van der Waals surface area (Å²) in [5.41, 5.74) is 0.193. The molecular formula is C17H23FINO2. The third-order valence-electron chi connectivity index (χ3n) is 4.69. The Hall–Kier alpha value is -0.690. The average molecular weight is 419 g/mol. The molecule has 0 saturated carbocycles. The minimum atomic E-state index is -0.440. The smallest absolute Gasteiger partial charge is 0.339 e. The molecule has 0 aliphatic carbocycles. The summed E-state index contributed by atoms with van der Waals surface area (Å²) in [6.07, 6.45) is 1.38. The lowest BCUT2D eigenvalue weighted by Crippen LogP contribution is -2.60. The van der Waals surface area contributed by atoms with Crippen molar-refractivity contribution >= 4 is 28.6 Å². The number of benzene rings is 1. The number of likely N-dealkylation sites (tertiary alicyclic amines) is 1. The third-order valence-corrected chi connectivity index (χ3v) is 5.63. The average Bonchev–Trinajstić information content (AvgIpc) is 2.38. The molecule has 122 valence electrons. The molecule has 0 radical (unpaired) electrons. The van der Waals surface area contributed by atoms with Crippen molar-refractivity contribution in [2.45, 2.75) is 57.7 Å². The Morgan fingerprint density at radius 3 is 2.36 bits per heavy atom. The van der Waals surface area contributed by atoms with Crippen molar-refractivity contribution in [2.75, 3.05) is 7.05 Å². The first-order valence-corrected chi connectivity index (χ1v) is 8.51. The van der Waals surface area contributed by atoms with Crippen molar-refractivity contribution in [1.29, 1.82) is 0 Å². The Kier molecular flexibility index (Phi) is 4.88. The third kappa shape index (κ3) is 3.62. The van der Waals surface area contributed by atoms with E-state index in [2.05, 4.69) is 39.6 Å². The molecule has 2 rings (SSSR count). The van der Waals surface area contributed by atoms with Gasteiger partial charge in [-0.05, 0) is 75.5 Å². The molecule has 0 spiro atoms. The summed E-state index contributed by atoms with van der Waals surface area (Å²) in [7, 11) is 2.10. The fraction of sp³-hybridized carbons (Fsp3) is 0.588. The van der Waals surface area contributed by atoms with E-state index in [4.69, 9.17) is 4.74 Å². The van der Waals surface area contributed by atoms with E-state index in [-0.39, 0.29) is 17.2 Å². The topological polar surface area (TPSA) is 29.5 Å². The number of hydrogen-bond acceptors (Lipinski definition) is 3. The van der Waals surface area contributed by atoms with Gasteiger partial charge < -0.3 is 4.74 Å². The van der Waals surface area contributed by atoms with Crippen LogP contribution in [0.2, 0.25) is 0 Å². The fourth-order valence-corrected chi connectivity index (χ4v) is 3.79. The maximum atomic E-state index is 13.4. The molecule has 0 aromatic heterocycles. The van der Waals surface area contributed by atoms with Crippen LogP contribution in [-0.2, 0) is 4.74 Å². The number of rotatable bonds is 2. The van der Waals surface area contributed by atoms with Crippen molar-refractivity contribution in [1.82, 2.24) is 4.90 Å². The van der Waals surface area contributed by atoms with Crippen molar-refractivity contribution in [2.24, 2.45) is 0 Å². The quantitative estimate of drug-likeness (QED) is 0.531. The SMILES string of the molecule is CN1C(C)(C)CC(OC(=O)c2cc(F)ccc2I)CC1(C)C. The van der Waals surface area contributed by atoms with Gasteiger partial charge in [-0.2, -0.15) is 0 Å². The van der Waals surface area contributed by atoms with Gasteiger partial charge in [0.15, 0.2) is 0 Å². The lowest BCUT2D eigenvalue weighted by molar-refractivity contribution is -0.0732. The molecule has 0 N–H and O–H groups in total. The lowest BCUT2D eigenvalue weighted by atomic mass is 9.79. The van der Waals surface area contributed by atoms with Crippen LogP contribution in [-0.4, -0.2) is 35.1 Å². The Morgan fingerprint density at radius 1 is 1.27 bits per heavy atom.